The number of hydrogen-bond acceptors (Lipinski definition) is 3. The van der Waals surface area contributed by atoms with Crippen molar-refractivity contribution in [3.05, 3.63) is 0 Å². The van der Waals surface area contributed by atoms with Crippen LogP contribution in [0.4, 0.5) is 8.78 Å². The minimum atomic E-state index is -2.69. The first kappa shape index (κ1) is 12.8. The second-order valence-corrected chi connectivity index (χ2v) is 3.10. The number of methoxy groups -OCH3 is 1. The van der Waals surface area contributed by atoms with Crippen molar-refractivity contribution in [3.8, 4) is 0 Å². The Morgan fingerprint density at radius 1 is 1.50 bits per heavy atom. The van der Waals surface area contributed by atoms with E-state index in [9.17, 15) is 18.4 Å². The van der Waals surface area contributed by atoms with Crippen LogP contribution in [0.1, 0.15) is 20.3 Å². The second kappa shape index (κ2) is 4.88. The minimum absolute atomic E-state index is 0.557. The van der Waals surface area contributed by atoms with Crippen molar-refractivity contribution in [2.24, 2.45) is 0 Å². The van der Waals surface area contributed by atoms with Gasteiger partial charge >= 0.3 is 5.97 Å². The largest absolute Gasteiger partial charge is 0.467 e. The lowest BCUT2D eigenvalue weighted by Crippen LogP contribution is -2.53. The summed E-state index contributed by atoms with van der Waals surface area (Å²) in [4.78, 5) is 21.8. The molecule has 4 nitrogen and oxygen atoms in total. The molecule has 14 heavy (non-hydrogen) atoms. The number of alkyl halides is 2. The van der Waals surface area contributed by atoms with E-state index in [1.165, 1.54) is 6.92 Å². The maximum Gasteiger partial charge on any atom is 0.331 e. The third-order valence-electron chi connectivity index (χ3n) is 1.65. The third kappa shape index (κ3) is 3.68. The molecule has 0 aliphatic rings. The van der Waals surface area contributed by atoms with Crippen LogP contribution in [-0.4, -0.2) is 31.0 Å². The lowest BCUT2D eigenvalue weighted by molar-refractivity contribution is -0.151. The molecule has 0 fully saturated rings. The fraction of sp³-hybridized carbons (Fsp3) is 0.750. The number of carbonyl (C=O) groups is 2. The molecule has 0 aromatic rings. The topological polar surface area (TPSA) is 55.4 Å². The first-order valence-corrected chi connectivity index (χ1v) is 3.97. The van der Waals surface area contributed by atoms with Crippen LogP contribution in [0.25, 0.3) is 0 Å². The zero-order valence-corrected chi connectivity index (χ0v) is 8.27. The van der Waals surface area contributed by atoms with Gasteiger partial charge in [0.15, 0.2) is 0 Å². The average molecular weight is 209 g/mol. The summed E-state index contributed by atoms with van der Waals surface area (Å²) in [5.74, 6) is -1.44. The molecule has 0 spiro atoms. The molecule has 0 radical (unpaired) electrons. The zero-order chi connectivity index (χ0) is 11.4. The van der Waals surface area contributed by atoms with Crippen molar-refractivity contribution in [3.63, 3.8) is 0 Å². The van der Waals surface area contributed by atoms with Gasteiger partial charge in [-0.05, 0) is 6.92 Å². The molecule has 1 atom stereocenters. The van der Waals surface area contributed by atoms with Crippen molar-refractivity contribution < 1.29 is 23.1 Å². The molecule has 0 aliphatic carbocycles. The predicted octanol–water partition coefficient (Wildman–Crippen LogP) is 0.709. The van der Waals surface area contributed by atoms with E-state index in [2.05, 4.69) is 10.1 Å². The van der Waals surface area contributed by atoms with Crippen molar-refractivity contribution in [2.45, 2.75) is 32.2 Å². The van der Waals surface area contributed by atoms with E-state index in [4.69, 9.17) is 0 Å². The van der Waals surface area contributed by atoms with Crippen molar-refractivity contribution in [2.75, 3.05) is 7.11 Å². The molecule has 0 saturated heterocycles. The van der Waals surface area contributed by atoms with E-state index < -0.39 is 30.3 Å². The van der Waals surface area contributed by atoms with Gasteiger partial charge < -0.3 is 10.1 Å². The Labute approximate surface area is 80.6 Å². The summed E-state index contributed by atoms with van der Waals surface area (Å²) in [5.41, 5.74) is -1.66. The first-order chi connectivity index (χ1) is 6.31. The van der Waals surface area contributed by atoms with Crippen LogP contribution in [0.3, 0.4) is 0 Å². The first-order valence-electron chi connectivity index (χ1n) is 3.97. The van der Waals surface area contributed by atoms with Crippen LogP contribution >= 0.6 is 0 Å². The second-order valence-electron chi connectivity index (χ2n) is 3.10. The molecule has 6 heteroatoms. The lowest BCUT2D eigenvalue weighted by atomic mass is 9.98. The highest BCUT2D eigenvalue weighted by molar-refractivity contribution is 5.86. The van der Waals surface area contributed by atoms with Crippen molar-refractivity contribution in [1.29, 1.82) is 0 Å². The quantitative estimate of drug-likeness (QED) is 0.694. The van der Waals surface area contributed by atoms with Crippen LogP contribution in [0.15, 0.2) is 0 Å². The van der Waals surface area contributed by atoms with Crippen molar-refractivity contribution in [1.82, 2.24) is 5.32 Å². The zero-order valence-electron chi connectivity index (χ0n) is 8.27. The molecular formula is C8H13F2NO3. The van der Waals surface area contributed by atoms with Crippen LogP contribution < -0.4 is 5.32 Å². The number of amides is 1. The van der Waals surface area contributed by atoms with E-state index in [1.54, 1.807) is 0 Å². The monoisotopic (exact) mass is 209 g/mol. The molecule has 1 N–H and O–H groups in total. The van der Waals surface area contributed by atoms with Gasteiger partial charge in [-0.2, -0.15) is 0 Å². The van der Waals surface area contributed by atoms with E-state index in [0.29, 0.717) is 0 Å². The number of esters is 1. The Kier molecular flexibility index (Phi) is 4.46. The van der Waals surface area contributed by atoms with Gasteiger partial charge in [0.2, 0.25) is 12.3 Å². The highest BCUT2D eigenvalue weighted by atomic mass is 19.3. The summed E-state index contributed by atoms with van der Waals surface area (Å²) < 4.78 is 28.6. The fourth-order valence-electron chi connectivity index (χ4n) is 1.11. The summed E-state index contributed by atoms with van der Waals surface area (Å²) in [7, 11) is 1.08. The van der Waals surface area contributed by atoms with Gasteiger partial charge in [0.1, 0.15) is 5.54 Å². The molecule has 0 rings (SSSR count). The number of ether oxygens (including phenoxy) is 1. The maximum absolute atomic E-state index is 12.1. The van der Waals surface area contributed by atoms with Crippen LogP contribution in [0.5, 0.6) is 0 Å². The molecule has 1 amide bonds. The van der Waals surface area contributed by atoms with Gasteiger partial charge in [0, 0.05) is 13.3 Å². The van der Waals surface area contributed by atoms with Gasteiger partial charge in [-0.1, -0.05) is 0 Å². The molecule has 82 valence electrons. The number of rotatable bonds is 4. The number of carbonyl (C=O) groups excluding carboxylic acids is 2. The van der Waals surface area contributed by atoms with E-state index >= 15 is 0 Å². The number of hydrogen-bond donors (Lipinski definition) is 1. The van der Waals surface area contributed by atoms with Crippen LogP contribution in [-0.2, 0) is 14.3 Å². The normalized spacial score (nSPS) is 14.7. The van der Waals surface area contributed by atoms with Gasteiger partial charge in [0.05, 0.1) is 7.11 Å². The van der Waals surface area contributed by atoms with E-state index in [1.807, 2.05) is 0 Å². The van der Waals surface area contributed by atoms with Crippen molar-refractivity contribution >= 4 is 11.9 Å². The standard InChI is InChI=1S/C8H13F2NO3/c1-5(12)11-8(2,4-6(9)10)7(13)14-3/h6H,4H2,1-3H3,(H,11,12). The number of nitrogens with one attached hydrogen (secondary N) is 1. The van der Waals surface area contributed by atoms with Crippen LogP contribution in [0, 0.1) is 0 Å². The predicted molar refractivity (Wildman–Crippen MR) is 44.9 cm³/mol. The van der Waals surface area contributed by atoms with Crippen LogP contribution in [0.2, 0.25) is 0 Å². The Morgan fingerprint density at radius 3 is 2.29 bits per heavy atom. The highest BCUT2D eigenvalue weighted by Gasteiger charge is 2.38. The summed E-state index contributed by atoms with van der Waals surface area (Å²) in [5, 5.41) is 2.14. The van der Waals surface area contributed by atoms with E-state index in [0.717, 1.165) is 14.0 Å². The lowest BCUT2D eigenvalue weighted by Gasteiger charge is -2.26. The van der Waals surface area contributed by atoms with Gasteiger partial charge in [0.25, 0.3) is 0 Å². The summed E-state index contributed by atoms with van der Waals surface area (Å²) in [6.07, 6.45) is -3.45. The van der Waals surface area contributed by atoms with E-state index in [-0.39, 0.29) is 0 Å². The highest BCUT2D eigenvalue weighted by Crippen LogP contribution is 2.17. The molecule has 0 bridgehead atoms. The third-order valence-corrected chi connectivity index (χ3v) is 1.65. The molecule has 0 heterocycles. The molecule has 0 aliphatic heterocycles. The average Bonchev–Trinajstić information content (AvgIpc) is 1.99. The fourth-order valence-corrected chi connectivity index (χ4v) is 1.11. The van der Waals surface area contributed by atoms with Gasteiger partial charge in [-0.15, -0.1) is 0 Å². The Balaban J connectivity index is 4.65. The molecular weight excluding hydrogens is 196 g/mol. The van der Waals surface area contributed by atoms with Gasteiger partial charge in [-0.25, -0.2) is 13.6 Å². The Hall–Kier alpha value is -1.20. The molecule has 0 aromatic carbocycles. The molecule has 0 saturated carbocycles. The smallest absolute Gasteiger partial charge is 0.331 e. The number of halogens is 2. The summed E-state index contributed by atoms with van der Waals surface area (Å²) in [6, 6.07) is 0. The molecule has 0 aromatic heterocycles. The Bertz CT molecular complexity index is 233. The van der Waals surface area contributed by atoms with Gasteiger partial charge in [-0.3, -0.25) is 4.79 Å². The Morgan fingerprint density at radius 2 is 2.00 bits per heavy atom. The SMILES string of the molecule is COC(=O)C(C)(CC(F)F)NC(C)=O. The molecule has 1 unspecified atom stereocenters. The minimum Gasteiger partial charge on any atom is -0.467 e. The summed E-state index contributed by atoms with van der Waals surface area (Å²) >= 11 is 0. The maximum atomic E-state index is 12.1. The summed E-state index contributed by atoms with van der Waals surface area (Å²) in [6.45, 7) is 2.35.